The fourth-order valence-electron chi connectivity index (χ4n) is 4.24. The number of benzene rings is 2. The molecule has 1 aromatic heterocycles. The Hall–Kier alpha value is -3.65. The lowest BCUT2D eigenvalue weighted by Gasteiger charge is -2.22. The monoisotopic (exact) mass is 517 g/mol. The van der Waals surface area contributed by atoms with Crippen molar-refractivity contribution in [1.29, 1.82) is 0 Å². The molecule has 0 saturated heterocycles. The molecule has 0 unspecified atom stereocenters. The number of carbonyl (C=O) groups is 2. The van der Waals surface area contributed by atoms with Gasteiger partial charge in [-0.15, -0.1) is 11.3 Å². The van der Waals surface area contributed by atoms with E-state index in [1.807, 2.05) is 48.7 Å². The highest BCUT2D eigenvalue weighted by atomic mass is 32.1. The average molecular weight is 518 g/mol. The molecule has 0 atom stereocenters. The fraction of sp³-hybridized carbons (Fsp3) is 0.345. The summed E-state index contributed by atoms with van der Waals surface area (Å²) in [6, 6.07) is 11.4. The zero-order valence-corrected chi connectivity index (χ0v) is 22.0. The van der Waals surface area contributed by atoms with Gasteiger partial charge in [0.2, 0.25) is 5.91 Å². The Morgan fingerprint density at radius 1 is 1.24 bits per heavy atom. The maximum absolute atomic E-state index is 13.5. The van der Waals surface area contributed by atoms with Gasteiger partial charge in [0.15, 0.2) is 11.7 Å². The second-order valence-corrected chi connectivity index (χ2v) is 10.4. The van der Waals surface area contributed by atoms with E-state index >= 15 is 0 Å². The van der Waals surface area contributed by atoms with Crippen LogP contribution in [0.1, 0.15) is 51.5 Å². The summed E-state index contributed by atoms with van der Waals surface area (Å²) in [6.45, 7) is 8.93. The molecule has 0 radical (unpaired) electrons. The van der Waals surface area contributed by atoms with Crippen LogP contribution in [0.5, 0.6) is 11.5 Å². The molecule has 1 N–H and O–H groups in total. The molecule has 8 heteroatoms. The highest BCUT2D eigenvalue weighted by Crippen LogP contribution is 2.41. The van der Waals surface area contributed by atoms with Crippen molar-refractivity contribution in [3.05, 3.63) is 53.9 Å². The number of nitrogens with one attached hydrogen (secondary N) is 1. The molecule has 0 spiro atoms. The van der Waals surface area contributed by atoms with Crippen molar-refractivity contribution in [1.82, 2.24) is 4.98 Å². The van der Waals surface area contributed by atoms with Crippen molar-refractivity contribution >= 4 is 45.2 Å². The molecule has 2 amide bonds. The molecule has 7 nitrogen and oxygen atoms in total. The van der Waals surface area contributed by atoms with Crippen LogP contribution < -0.4 is 19.7 Å². The summed E-state index contributed by atoms with van der Waals surface area (Å²) in [7, 11) is 0. The third-order valence-electron chi connectivity index (χ3n) is 6.43. The van der Waals surface area contributed by atoms with Crippen molar-refractivity contribution in [2.45, 2.75) is 46.0 Å². The van der Waals surface area contributed by atoms with Crippen LogP contribution in [0.25, 0.3) is 16.8 Å². The van der Waals surface area contributed by atoms with Gasteiger partial charge in [0.05, 0.1) is 23.7 Å². The Morgan fingerprint density at radius 2 is 2.08 bits per heavy atom. The van der Waals surface area contributed by atoms with E-state index < -0.39 is 0 Å². The minimum atomic E-state index is -0.184. The van der Waals surface area contributed by atoms with Gasteiger partial charge in [0.1, 0.15) is 11.5 Å². The lowest BCUT2D eigenvalue weighted by atomic mass is 10.1. The first-order valence-corrected chi connectivity index (χ1v) is 13.6. The quantitative estimate of drug-likeness (QED) is 0.299. The van der Waals surface area contributed by atoms with Gasteiger partial charge in [-0.2, -0.15) is 0 Å². The molecule has 3 aromatic rings. The van der Waals surface area contributed by atoms with Gasteiger partial charge in [0.25, 0.3) is 5.91 Å². The highest BCUT2D eigenvalue weighted by molar-refractivity contribution is 7.14. The van der Waals surface area contributed by atoms with Crippen LogP contribution >= 0.6 is 11.3 Å². The number of nitrogens with zero attached hydrogens (tertiary/aromatic N) is 2. The van der Waals surface area contributed by atoms with E-state index in [9.17, 15) is 9.59 Å². The third-order valence-corrected chi connectivity index (χ3v) is 7.25. The SMILES string of the molecule is C=C(C)c1cc(N(C(=O)C2CC2)c2nc(-c3ccc4c(c3)NC(=O)CO4)cs2)ccc1OCCCCC. The largest absolute Gasteiger partial charge is 0.493 e. The van der Waals surface area contributed by atoms with Crippen LogP contribution in [0, 0.1) is 5.92 Å². The van der Waals surface area contributed by atoms with E-state index in [0.717, 1.165) is 65.9 Å². The number of anilines is 3. The summed E-state index contributed by atoms with van der Waals surface area (Å²) in [6.07, 6.45) is 5.05. The number of thiazole rings is 1. The molecule has 2 heterocycles. The van der Waals surface area contributed by atoms with Gasteiger partial charge < -0.3 is 14.8 Å². The predicted molar refractivity (Wildman–Crippen MR) is 148 cm³/mol. The molecule has 37 heavy (non-hydrogen) atoms. The molecule has 1 fully saturated rings. The van der Waals surface area contributed by atoms with Gasteiger partial charge in [-0.1, -0.05) is 26.3 Å². The Bertz CT molecular complexity index is 1340. The number of unbranched alkanes of at least 4 members (excludes halogenated alkanes) is 2. The maximum Gasteiger partial charge on any atom is 0.262 e. The van der Waals surface area contributed by atoms with Gasteiger partial charge in [0, 0.05) is 22.4 Å². The number of allylic oxidation sites excluding steroid dienone is 1. The number of ether oxygens (including phenoxy) is 2. The standard InChI is InChI=1S/C29H31N3O4S/c1-4-5-6-13-35-25-12-10-21(15-22(25)18(2)3)32(28(34)19-7-8-19)29-31-24(17-37-29)20-9-11-26-23(14-20)30-27(33)16-36-26/h9-12,14-15,17,19H,2,4-8,13,16H2,1,3H3,(H,30,33). The van der Waals surface area contributed by atoms with E-state index in [4.69, 9.17) is 14.5 Å². The van der Waals surface area contributed by atoms with Crippen molar-refractivity contribution in [3.8, 4) is 22.8 Å². The number of hydrogen-bond acceptors (Lipinski definition) is 6. The Balaban J connectivity index is 1.46. The Labute approximate surface area is 221 Å². The topological polar surface area (TPSA) is 80.8 Å². The lowest BCUT2D eigenvalue weighted by Crippen LogP contribution is -2.27. The van der Waals surface area contributed by atoms with E-state index in [0.29, 0.717) is 23.2 Å². The average Bonchev–Trinajstić information content (AvgIpc) is 3.64. The Kier molecular flexibility index (Phi) is 7.28. The minimum absolute atomic E-state index is 0.0141. The van der Waals surface area contributed by atoms with Crippen LogP contribution in [-0.4, -0.2) is 30.0 Å². The van der Waals surface area contributed by atoms with Crippen molar-refractivity contribution in [3.63, 3.8) is 0 Å². The zero-order chi connectivity index (χ0) is 25.9. The maximum atomic E-state index is 13.5. The lowest BCUT2D eigenvalue weighted by molar-refractivity contribution is -0.119. The summed E-state index contributed by atoms with van der Waals surface area (Å²) >= 11 is 1.42. The summed E-state index contributed by atoms with van der Waals surface area (Å²) < 4.78 is 11.5. The van der Waals surface area contributed by atoms with Crippen LogP contribution in [-0.2, 0) is 9.59 Å². The molecule has 1 saturated carbocycles. The first-order chi connectivity index (χ1) is 17.9. The summed E-state index contributed by atoms with van der Waals surface area (Å²) in [5, 5.41) is 5.37. The van der Waals surface area contributed by atoms with Gasteiger partial charge in [-0.3, -0.25) is 14.5 Å². The van der Waals surface area contributed by atoms with Gasteiger partial charge >= 0.3 is 0 Å². The van der Waals surface area contributed by atoms with Crippen molar-refractivity contribution < 1.29 is 19.1 Å². The molecule has 5 rings (SSSR count). The molecule has 2 aliphatic rings. The molecular weight excluding hydrogens is 486 g/mol. The Morgan fingerprint density at radius 3 is 2.84 bits per heavy atom. The van der Waals surface area contributed by atoms with Crippen LogP contribution in [0.4, 0.5) is 16.5 Å². The van der Waals surface area contributed by atoms with Crippen LogP contribution in [0.3, 0.4) is 0 Å². The van der Waals surface area contributed by atoms with E-state index in [2.05, 4.69) is 18.8 Å². The second kappa shape index (κ2) is 10.8. The number of fused-ring (bicyclic) bond motifs is 1. The molecular formula is C29H31N3O4S. The summed E-state index contributed by atoms with van der Waals surface area (Å²) in [5.41, 5.74) is 4.71. The molecule has 1 aliphatic heterocycles. The highest BCUT2D eigenvalue weighted by Gasteiger charge is 2.36. The van der Waals surface area contributed by atoms with Crippen molar-refractivity contribution in [2.75, 3.05) is 23.4 Å². The van der Waals surface area contributed by atoms with Gasteiger partial charge in [-0.05, 0) is 68.2 Å². The predicted octanol–water partition coefficient (Wildman–Crippen LogP) is 6.82. The number of rotatable bonds is 10. The number of carbonyl (C=O) groups excluding carboxylic acids is 2. The second-order valence-electron chi connectivity index (χ2n) is 9.53. The minimum Gasteiger partial charge on any atom is -0.493 e. The van der Waals surface area contributed by atoms with Crippen LogP contribution in [0.15, 0.2) is 48.4 Å². The number of aromatic nitrogens is 1. The van der Waals surface area contributed by atoms with E-state index in [1.165, 1.54) is 11.3 Å². The smallest absolute Gasteiger partial charge is 0.262 e. The molecule has 192 valence electrons. The normalized spacial score (nSPS) is 14.4. The number of hydrogen-bond donors (Lipinski definition) is 1. The number of amides is 2. The zero-order valence-electron chi connectivity index (χ0n) is 21.2. The molecule has 1 aliphatic carbocycles. The third kappa shape index (κ3) is 5.54. The summed E-state index contributed by atoms with van der Waals surface area (Å²) in [5.74, 6) is 1.30. The first-order valence-electron chi connectivity index (χ1n) is 12.7. The van der Waals surface area contributed by atoms with Crippen molar-refractivity contribution in [2.24, 2.45) is 5.92 Å². The molecule has 0 bridgehead atoms. The van der Waals surface area contributed by atoms with E-state index in [1.54, 1.807) is 4.90 Å². The first kappa shape index (κ1) is 25.0. The summed E-state index contributed by atoms with van der Waals surface area (Å²) in [4.78, 5) is 31.8. The fourth-order valence-corrected chi connectivity index (χ4v) is 5.10. The van der Waals surface area contributed by atoms with Gasteiger partial charge in [-0.25, -0.2) is 4.98 Å². The molecule has 2 aromatic carbocycles. The van der Waals surface area contributed by atoms with Crippen LogP contribution in [0.2, 0.25) is 0 Å². The van der Waals surface area contributed by atoms with E-state index in [-0.39, 0.29) is 24.3 Å².